The summed E-state index contributed by atoms with van der Waals surface area (Å²) in [6.45, 7) is 1.40. The van der Waals surface area contributed by atoms with E-state index in [0.717, 1.165) is 16.8 Å². The maximum absolute atomic E-state index is 12.5. The molecule has 9 heteroatoms. The number of rotatable bonds is 3. The molecule has 0 saturated carbocycles. The van der Waals surface area contributed by atoms with Crippen LogP contribution < -0.4 is 15.5 Å². The van der Waals surface area contributed by atoms with Gasteiger partial charge in [-0.2, -0.15) is 5.10 Å². The Morgan fingerprint density at radius 3 is 2.53 bits per heavy atom. The molecule has 2 aromatic carbocycles. The van der Waals surface area contributed by atoms with Crippen LogP contribution in [-0.4, -0.2) is 48.1 Å². The van der Waals surface area contributed by atoms with Crippen LogP contribution in [0.2, 0.25) is 0 Å². The summed E-state index contributed by atoms with van der Waals surface area (Å²) in [7, 11) is 3.22. The van der Waals surface area contributed by atoms with E-state index in [9.17, 15) is 14.4 Å². The average molecular weight is 405 g/mol. The lowest BCUT2D eigenvalue weighted by Crippen LogP contribution is -2.25. The van der Waals surface area contributed by atoms with Gasteiger partial charge in [0.15, 0.2) is 0 Å². The minimum atomic E-state index is -0.466. The Kier molecular flexibility index (Phi) is 4.71. The van der Waals surface area contributed by atoms with Gasteiger partial charge in [-0.1, -0.05) is 0 Å². The smallest absolute Gasteiger partial charge is 0.410 e. The van der Waals surface area contributed by atoms with Gasteiger partial charge in [-0.15, -0.1) is 0 Å². The Morgan fingerprint density at radius 2 is 1.87 bits per heavy atom. The van der Waals surface area contributed by atoms with Crippen LogP contribution in [0.15, 0.2) is 41.5 Å². The third kappa shape index (κ3) is 3.48. The first-order chi connectivity index (χ1) is 14.3. The molecule has 0 atom stereocenters. The van der Waals surface area contributed by atoms with Gasteiger partial charge in [-0.3, -0.25) is 9.59 Å². The number of amides is 3. The third-order valence-corrected chi connectivity index (χ3v) is 4.57. The molecule has 3 aromatic rings. The Balaban J connectivity index is 1.80. The van der Waals surface area contributed by atoms with E-state index < -0.39 is 6.09 Å². The van der Waals surface area contributed by atoms with Crippen molar-refractivity contribution in [3.8, 4) is 17.0 Å². The van der Waals surface area contributed by atoms with Crippen molar-refractivity contribution in [1.82, 2.24) is 15.3 Å². The lowest BCUT2D eigenvalue weighted by molar-refractivity contribution is -0.114. The van der Waals surface area contributed by atoms with E-state index in [1.54, 1.807) is 44.6 Å². The average Bonchev–Trinajstić information content (AvgIpc) is 2.96. The molecule has 0 radical (unpaired) electrons. The highest BCUT2D eigenvalue weighted by Crippen LogP contribution is 2.35. The number of ether oxygens (including phenoxy) is 1. The summed E-state index contributed by atoms with van der Waals surface area (Å²) in [4.78, 5) is 40.3. The van der Waals surface area contributed by atoms with Crippen molar-refractivity contribution < 1.29 is 19.1 Å². The Hall–Kier alpha value is -4.14. The molecule has 0 saturated heterocycles. The highest BCUT2D eigenvalue weighted by atomic mass is 16.6. The van der Waals surface area contributed by atoms with Gasteiger partial charge in [0.2, 0.25) is 5.91 Å². The first kappa shape index (κ1) is 19.2. The monoisotopic (exact) mass is 405 g/mol. The van der Waals surface area contributed by atoms with Gasteiger partial charge in [-0.25, -0.2) is 10.2 Å². The summed E-state index contributed by atoms with van der Waals surface area (Å²) in [6.07, 6.45) is 1.12. The maximum Gasteiger partial charge on any atom is 0.414 e. The lowest BCUT2D eigenvalue weighted by Gasteiger charge is -2.10. The Morgan fingerprint density at radius 1 is 1.13 bits per heavy atom. The van der Waals surface area contributed by atoms with Gasteiger partial charge < -0.3 is 19.9 Å². The summed E-state index contributed by atoms with van der Waals surface area (Å²) in [5.41, 5.74) is 6.39. The van der Waals surface area contributed by atoms with Gasteiger partial charge in [-0.05, 0) is 42.0 Å². The van der Waals surface area contributed by atoms with Gasteiger partial charge in [0.25, 0.3) is 5.91 Å². The van der Waals surface area contributed by atoms with Gasteiger partial charge in [0, 0.05) is 43.2 Å². The van der Waals surface area contributed by atoms with Crippen LogP contribution in [0.25, 0.3) is 22.2 Å². The molecule has 1 aliphatic rings. The SMILES string of the molecule is CC(=O)Nc1cc2c3c(c(-c4ccc(OC(=O)N(C)C)cc4)[nH]c3c1)C=NNC2=O. The number of anilines is 1. The summed E-state index contributed by atoms with van der Waals surface area (Å²) < 4.78 is 5.25. The molecule has 1 aromatic heterocycles. The first-order valence-corrected chi connectivity index (χ1v) is 9.14. The molecular weight excluding hydrogens is 386 g/mol. The van der Waals surface area contributed by atoms with Crippen molar-refractivity contribution in [2.75, 3.05) is 19.4 Å². The molecule has 152 valence electrons. The second-order valence-electron chi connectivity index (χ2n) is 7.03. The summed E-state index contributed by atoms with van der Waals surface area (Å²) in [6, 6.07) is 10.4. The highest BCUT2D eigenvalue weighted by Gasteiger charge is 2.22. The number of benzene rings is 2. The summed E-state index contributed by atoms with van der Waals surface area (Å²) >= 11 is 0. The Bertz CT molecular complexity index is 1210. The van der Waals surface area contributed by atoms with E-state index in [2.05, 4.69) is 20.8 Å². The molecule has 0 spiro atoms. The zero-order valence-electron chi connectivity index (χ0n) is 16.6. The molecule has 3 N–H and O–H groups in total. The van der Waals surface area contributed by atoms with E-state index in [4.69, 9.17) is 4.74 Å². The molecule has 9 nitrogen and oxygen atoms in total. The maximum atomic E-state index is 12.5. The van der Waals surface area contributed by atoms with E-state index >= 15 is 0 Å². The van der Waals surface area contributed by atoms with Crippen molar-refractivity contribution >= 4 is 40.7 Å². The first-order valence-electron chi connectivity index (χ1n) is 9.14. The van der Waals surface area contributed by atoms with E-state index in [1.807, 2.05) is 12.1 Å². The summed E-state index contributed by atoms with van der Waals surface area (Å²) in [5.74, 6) is -0.182. The number of nitrogens with zero attached hydrogens (tertiary/aromatic N) is 2. The molecule has 3 amide bonds. The molecule has 30 heavy (non-hydrogen) atoms. The molecule has 1 aliphatic heterocycles. The van der Waals surface area contributed by atoms with Gasteiger partial charge in [0.1, 0.15) is 5.75 Å². The van der Waals surface area contributed by atoms with E-state index in [1.165, 1.54) is 11.8 Å². The normalized spacial score (nSPS) is 12.3. The van der Waals surface area contributed by atoms with Crippen LogP contribution in [0, 0.1) is 0 Å². The zero-order chi connectivity index (χ0) is 21.4. The fourth-order valence-corrected chi connectivity index (χ4v) is 3.27. The van der Waals surface area contributed by atoms with Crippen molar-refractivity contribution in [2.24, 2.45) is 5.10 Å². The molecule has 2 heterocycles. The molecular formula is C21H19N5O4. The number of hydrogen-bond acceptors (Lipinski definition) is 5. The second kappa shape index (κ2) is 7.36. The summed E-state index contributed by atoms with van der Waals surface area (Å²) in [5, 5.41) is 7.43. The van der Waals surface area contributed by atoms with Crippen LogP contribution in [0.1, 0.15) is 22.8 Å². The quantitative estimate of drug-likeness (QED) is 0.621. The second-order valence-corrected chi connectivity index (χ2v) is 7.03. The molecule has 0 bridgehead atoms. The van der Waals surface area contributed by atoms with Gasteiger partial charge >= 0.3 is 6.09 Å². The standard InChI is InChI=1S/C21H19N5O4/c1-11(27)23-13-8-15-18-16(10-22-25-20(15)28)19(24-17(18)9-13)12-4-6-14(7-5-12)30-21(29)26(2)3/h4-10,24H,1-3H3,(H,23,27)(H,25,28). The Labute approximate surface area is 171 Å². The van der Waals surface area contributed by atoms with Crippen molar-refractivity contribution in [2.45, 2.75) is 6.92 Å². The fraction of sp³-hybridized carbons (Fsp3) is 0.143. The number of hydrazone groups is 1. The predicted molar refractivity (Wildman–Crippen MR) is 113 cm³/mol. The number of aromatic amines is 1. The molecule has 0 unspecified atom stereocenters. The number of nitrogens with one attached hydrogen (secondary N) is 3. The van der Waals surface area contributed by atoms with Crippen LogP contribution in [-0.2, 0) is 4.79 Å². The minimum absolute atomic E-state index is 0.235. The molecule has 0 fully saturated rings. The third-order valence-electron chi connectivity index (χ3n) is 4.57. The lowest BCUT2D eigenvalue weighted by atomic mass is 10.0. The number of carbonyl (C=O) groups is 3. The zero-order valence-corrected chi connectivity index (χ0v) is 16.6. The molecule has 0 aliphatic carbocycles. The van der Waals surface area contributed by atoms with Crippen LogP contribution >= 0.6 is 0 Å². The van der Waals surface area contributed by atoms with Crippen LogP contribution in [0.5, 0.6) is 5.75 Å². The van der Waals surface area contributed by atoms with Crippen LogP contribution in [0.4, 0.5) is 10.5 Å². The number of hydrogen-bond donors (Lipinski definition) is 3. The number of aromatic nitrogens is 1. The topological polar surface area (TPSA) is 116 Å². The van der Waals surface area contributed by atoms with E-state index in [-0.39, 0.29) is 11.8 Å². The number of carbonyl (C=O) groups excluding carboxylic acids is 3. The highest BCUT2D eigenvalue weighted by molar-refractivity contribution is 6.18. The number of H-pyrrole nitrogens is 1. The van der Waals surface area contributed by atoms with Crippen LogP contribution in [0.3, 0.4) is 0 Å². The fourth-order valence-electron chi connectivity index (χ4n) is 3.27. The molecule has 4 rings (SSSR count). The predicted octanol–water partition coefficient (Wildman–Crippen LogP) is 2.93. The van der Waals surface area contributed by atoms with Crippen molar-refractivity contribution in [3.05, 3.63) is 47.5 Å². The largest absolute Gasteiger partial charge is 0.414 e. The minimum Gasteiger partial charge on any atom is -0.410 e. The van der Waals surface area contributed by atoms with Crippen molar-refractivity contribution in [3.63, 3.8) is 0 Å². The van der Waals surface area contributed by atoms with Crippen molar-refractivity contribution in [1.29, 1.82) is 0 Å². The van der Waals surface area contributed by atoms with E-state index in [0.29, 0.717) is 27.9 Å². The van der Waals surface area contributed by atoms with Gasteiger partial charge in [0.05, 0.1) is 17.5 Å².